The number of pyridine rings is 1. The van der Waals surface area contributed by atoms with Gasteiger partial charge in [-0.15, -0.1) is 0 Å². The summed E-state index contributed by atoms with van der Waals surface area (Å²) in [5.74, 6) is 3.91. The summed E-state index contributed by atoms with van der Waals surface area (Å²) < 4.78 is 0. The molecule has 98 valence electrons. The van der Waals surface area contributed by atoms with Crippen LogP contribution in [0.5, 0.6) is 0 Å². The van der Waals surface area contributed by atoms with E-state index < -0.39 is 0 Å². The normalized spacial score (nSPS) is 29.6. The highest BCUT2D eigenvalue weighted by Crippen LogP contribution is 2.48. The average molecular weight is 245 g/mol. The zero-order valence-corrected chi connectivity index (χ0v) is 11.4. The van der Waals surface area contributed by atoms with Crippen LogP contribution in [0, 0.1) is 17.8 Å². The van der Waals surface area contributed by atoms with Crippen molar-refractivity contribution in [2.24, 2.45) is 17.8 Å². The quantitative estimate of drug-likeness (QED) is 0.884. The lowest BCUT2D eigenvalue weighted by molar-refractivity contribution is 0.337. The predicted molar refractivity (Wildman–Crippen MR) is 76.0 cm³/mol. The summed E-state index contributed by atoms with van der Waals surface area (Å²) in [5, 5.41) is 3.11. The van der Waals surface area contributed by atoms with Gasteiger partial charge < -0.3 is 10.2 Å². The van der Waals surface area contributed by atoms with Gasteiger partial charge in [0, 0.05) is 38.6 Å². The van der Waals surface area contributed by atoms with E-state index in [1.54, 1.807) is 0 Å². The lowest BCUT2D eigenvalue weighted by Crippen LogP contribution is -2.28. The molecule has 0 spiro atoms. The van der Waals surface area contributed by atoms with E-state index in [0.29, 0.717) is 0 Å². The SMILES string of the molecule is CNc1cc(N(C)CC2CC3CCC2C3)ccn1. The van der Waals surface area contributed by atoms with Crippen LogP contribution in [0.1, 0.15) is 25.7 Å². The number of anilines is 2. The Bertz CT molecular complexity index is 418. The second-order valence-electron chi connectivity index (χ2n) is 5.96. The number of fused-ring (bicyclic) bond motifs is 2. The van der Waals surface area contributed by atoms with E-state index in [-0.39, 0.29) is 0 Å². The Morgan fingerprint density at radius 3 is 2.94 bits per heavy atom. The highest BCUT2D eigenvalue weighted by Gasteiger charge is 2.39. The van der Waals surface area contributed by atoms with Crippen molar-refractivity contribution in [1.82, 2.24) is 4.98 Å². The molecule has 1 heterocycles. The van der Waals surface area contributed by atoms with Crippen LogP contribution in [0.4, 0.5) is 11.5 Å². The maximum atomic E-state index is 4.27. The van der Waals surface area contributed by atoms with Gasteiger partial charge in [-0.2, -0.15) is 0 Å². The molecular formula is C15H23N3. The number of hydrogen-bond acceptors (Lipinski definition) is 3. The van der Waals surface area contributed by atoms with Gasteiger partial charge in [0.1, 0.15) is 5.82 Å². The summed E-state index contributed by atoms with van der Waals surface area (Å²) in [6, 6.07) is 4.24. The second kappa shape index (κ2) is 4.79. The summed E-state index contributed by atoms with van der Waals surface area (Å²) in [6.45, 7) is 1.20. The molecule has 3 nitrogen and oxygen atoms in total. The van der Waals surface area contributed by atoms with E-state index in [2.05, 4.69) is 34.4 Å². The highest BCUT2D eigenvalue weighted by atomic mass is 15.1. The van der Waals surface area contributed by atoms with Gasteiger partial charge in [0.05, 0.1) is 0 Å². The van der Waals surface area contributed by atoms with Gasteiger partial charge >= 0.3 is 0 Å². The molecule has 0 amide bonds. The van der Waals surface area contributed by atoms with Crippen molar-refractivity contribution >= 4 is 11.5 Å². The van der Waals surface area contributed by atoms with Gasteiger partial charge in [-0.25, -0.2) is 4.98 Å². The molecular weight excluding hydrogens is 222 g/mol. The van der Waals surface area contributed by atoms with Gasteiger partial charge in [-0.3, -0.25) is 0 Å². The molecule has 3 atom stereocenters. The van der Waals surface area contributed by atoms with Crippen LogP contribution < -0.4 is 10.2 Å². The Labute approximate surface area is 110 Å². The Morgan fingerprint density at radius 1 is 1.39 bits per heavy atom. The summed E-state index contributed by atoms with van der Waals surface area (Å²) in [7, 11) is 4.13. The Kier molecular flexibility index (Phi) is 3.14. The lowest BCUT2D eigenvalue weighted by Gasteiger charge is -2.28. The number of aromatic nitrogens is 1. The molecule has 2 aliphatic rings. The van der Waals surface area contributed by atoms with Crippen molar-refractivity contribution in [2.45, 2.75) is 25.7 Å². The summed E-state index contributed by atoms with van der Waals surface area (Å²) in [6.07, 6.45) is 7.80. The van der Waals surface area contributed by atoms with Crippen LogP contribution in [0.2, 0.25) is 0 Å². The lowest BCUT2D eigenvalue weighted by atomic mass is 9.88. The Morgan fingerprint density at radius 2 is 2.28 bits per heavy atom. The third kappa shape index (κ3) is 2.18. The van der Waals surface area contributed by atoms with Crippen LogP contribution in [-0.4, -0.2) is 25.6 Å². The van der Waals surface area contributed by atoms with E-state index in [9.17, 15) is 0 Å². The van der Waals surface area contributed by atoms with Gasteiger partial charge in [-0.05, 0) is 43.1 Å². The number of nitrogens with zero attached hydrogens (tertiary/aromatic N) is 2. The molecule has 2 fully saturated rings. The standard InChI is InChI=1S/C15H23N3/c1-16-15-9-14(5-6-17-15)18(2)10-13-8-11-3-4-12(13)7-11/h5-6,9,11-13H,3-4,7-8,10H2,1-2H3,(H,16,17). The van der Waals surface area contributed by atoms with Crippen LogP contribution >= 0.6 is 0 Å². The summed E-state index contributed by atoms with van der Waals surface area (Å²) >= 11 is 0. The number of nitrogens with one attached hydrogen (secondary N) is 1. The monoisotopic (exact) mass is 245 g/mol. The van der Waals surface area contributed by atoms with Gasteiger partial charge in [-0.1, -0.05) is 6.42 Å². The van der Waals surface area contributed by atoms with E-state index in [1.165, 1.54) is 37.9 Å². The molecule has 0 saturated heterocycles. The largest absolute Gasteiger partial charge is 0.374 e. The first-order valence-corrected chi connectivity index (χ1v) is 7.11. The topological polar surface area (TPSA) is 28.2 Å². The molecule has 0 aromatic carbocycles. The van der Waals surface area contributed by atoms with Gasteiger partial charge in [0.2, 0.25) is 0 Å². The minimum atomic E-state index is 0.917. The van der Waals surface area contributed by atoms with Crippen LogP contribution in [-0.2, 0) is 0 Å². The third-order valence-corrected chi connectivity index (χ3v) is 4.83. The predicted octanol–water partition coefficient (Wildman–Crippen LogP) is 3.00. The maximum Gasteiger partial charge on any atom is 0.127 e. The molecule has 1 aromatic rings. The highest BCUT2D eigenvalue weighted by molar-refractivity contribution is 5.53. The second-order valence-corrected chi connectivity index (χ2v) is 5.96. The fourth-order valence-corrected chi connectivity index (χ4v) is 3.85. The van der Waals surface area contributed by atoms with Crippen molar-refractivity contribution in [3.63, 3.8) is 0 Å². The van der Waals surface area contributed by atoms with E-state index in [1.807, 2.05) is 13.2 Å². The van der Waals surface area contributed by atoms with Crippen LogP contribution in [0.3, 0.4) is 0 Å². The molecule has 1 aromatic heterocycles. The van der Waals surface area contributed by atoms with Crippen LogP contribution in [0.15, 0.2) is 18.3 Å². The first-order valence-electron chi connectivity index (χ1n) is 7.11. The van der Waals surface area contributed by atoms with Crippen molar-refractivity contribution < 1.29 is 0 Å². The van der Waals surface area contributed by atoms with Crippen molar-refractivity contribution in [2.75, 3.05) is 30.9 Å². The van der Waals surface area contributed by atoms with Crippen LogP contribution in [0.25, 0.3) is 0 Å². The first kappa shape index (κ1) is 11.8. The minimum Gasteiger partial charge on any atom is -0.374 e. The fraction of sp³-hybridized carbons (Fsp3) is 0.667. The Hall–Kier alpha value is -1.25. The third-order valence-electron chi connectivity index (χ3n) is 4.83. The zero-order chi connectivity index (χ0) is 12.5. The van der Waals surface area contributed by atoms with Gasteiger partial charge in [0.25, 0.3) is 0 Å². The van der Waals surface area contributed by atoms with Crippen molar-refractivity contribution in [3.05, 3.63) is 18.3 Å². The number of hydrogen-bond donors (Lipinski definition) is 1. The molecule has 2 bridgehead atoms. The molecule has 3 unspecified atom stereocenters. The molecule has 18 heavy (non-hydrogen) atoms. The van der Waals surface area contributed by atoms with Gasteiger partial charge in [0.15, 0.2) is 0 Å². The average Bonchev–Trinajstić information content (AvgIpc) is 3.01. The smallest absolute Gasteiger partial charge is 0.127 e. The Balaban J connectivity index is 1.65. The molecule has 3 rings (SSSR count). The molecule has 0 aliphatic heterocycles. The van der Waals surface area contributed by atoms with E-state index >= 15 is 0 Å². The molecule has 2 aliphatic carbocycles. The summed E-state index contributed by atoms with van der Waals surface area (Å²) in [4.78, 5) is 6.67. The van der Waals surface area contributed by atoms with Crippen molar-refractivity contribution in [3.8, 4) is 0 Å². The van der Waals surface area contributed by atoms with E-state index in [4.69, 9.17) is 0 Å². The first-order chi connectivity index (χ1) is 8.76. The zero-order valence-electron chi connectivity index (χ0n) is 11.4. The minimum absolute atomic E-state index is 0.917. The molecule has 3 heteroatoms. The fourth-order valence-electron chi connectivity index (χ4n) is 3.85. The van der Waals surface area contributed by atoms with E-state index in [0.717, 1.165) is 23.6 Å². The van der Waals surface area contributed by atoms with Crippen molar-refractivity contribution in [1.29, 1.82) is 0 Å². The molecule has 2 saturated carbocycles. The maximum absolute atomic E-state index is 4.27. The molecule has 0 radical (unpaired) electrons. The molecule has 1 N–H and O–H groups in total. The number of rotatable bonds is 4. The summed E-state index contributed by atoms with van der Waals surface area (Å²) in [5.41, 5.74) is 1.28.